The summed E-state index contributed by atoms with van der Waals surface area (Å²) in [7, 11) is 0. The lowest BCUT2D eigenvalue weighted by Gasteiger charge is -2.34. The first-order valence-corrected chi connectivity index (χ1v) is 4.57. The molecular formula is C10H11F2NO. The van der Waals surface area contributed by atoms with E-state index in [-0.39, 0.29) is 18.8 Å². The lowest BCUT2D eigenvalue weighted by Crippen LogP contribution is -2.38. The average Bonchev–Trinajstić information content (AvgIpc) is 2.13. The van der Waals surface area contributed by atoms with Crippen molar-refractivity contribution in [3.8, 4) is 5.88 Å². The van der Waals surface area contributed by atoms with Crippen LogP contribution in [0.5, 0.6) is 5.88 Å². The van der Waals surface area contributed by atoms with E-state index in [2.05, 4.69) is 4.98 Å². The van der Waals surface area contributed by atoms with E-state index in [4.69, 9.17) is 4.74 Å². The lowest BCUT2D eigenvalue weighted by atomic mass is 9.82. The van der Waals surface area contributed by atoms with Crippen molar-refractivity contribution in [2.75, 3.05) is 6.61 Å². The Morgan fingerprint density at radius 3 is 2.79 bits per heavy atom. The van der Waals surface area contributed by atoms with Crippen LogP contribution in [0.1, 0.15) is 12.8 Å². The van der Waals surface area contributed by atoms with Gasteiger partial charge in [0, 0.05) is 31.0 Å². The third-order valence-electron chi connectivity index (χ3n) is 2.28. The molecule has 1 fully saturated rings. The first-order chi connectivity index (χ1) is 6.66. The van der Waals surface area contributed by atoms with E-state index in [0.717, 1.165) is 0 Å². The summed E-state index contributed by atoms with van der Waals surface area (Å²) < 4.78 is 30.1. The van der Waals surface area contributed by atoms with Gasteiger partial charge in [0.2, 0.25) is 11.8 Å². The molecule has 1 aliphatic rings. The zero-order valence-electron chi connectivity index (χ0n) is 7.62. The molecule has 1 aromatic rings. The Labute approximate surface area is 80.9 Å². The van der Waals surface area contributed by atoms with E-state index in [9.17, 15) is 8.78 Å². The maximum atomic E-state index is 12.4. The van der Waals surface area contributed by atoms with E-state index >= 15 is 0 Å². The third kappa shape index (κ3) is 2.19. The van der Waals surface area contributed by atoms with E-state index in [1.165, 1.54) is 0 Å². The molecule has 2 rings (SSSR count). The normalized spacial score (nSPS) is 20.1. The molecule has 1 saturated carbocycles. The largest absolute Gasteiger partial charge is 0.477 e. The smallest absolute Gasteiger partial charge is 0.248 e. The minimum absolute atomic E-state index is 0.0213. The van der Waals surface area contributed by atoms with Gasteiger partial charge in [-0.25, -0.2) is 13.8 Å². The van der Waals surface area contributed by atoms with Crippen molar-refractivity contribution in [1.29, 1.82) is 0 Å². The van der Waals surface area contributed by atoms with Gasteiger partial charge < -0.3 is 4.74 Å². The van der Waals surface area contributed by atoms with Crippen molar-refractivity contribution in [3.05, 3.63) is 24.4 Å². The van der Waals surface area contributed by atoms with Gasteiger partial charge in [0.15, 0.2) is 0 Å². The standard InChI is InChI=1S/C10H11F2NO/c11-10(12)5-8(6-10)7-14-9-3-1-2-4-13-9/h1-4,8H,5-7H2. The molecule has 0 aliphatic heterocycles. The summed E-state index contributed by atoms with van der Waals surface area (Å²) in [5, 5.41) is 0. The molecule has 14 heavy (non-hydrogen) atoms. The van der Waals surface area contributed by atoms with Gasteiger partial charge in [-0.1, -0.05) is 6.07 Å². The molecule has 0 N–H and O–H groups in total. The number of pyridine rings is 1. The van der Waals surface area contributed by atoms with Crippen LogP contribution in [0.2, 0.25) is 0 Å². The van der Waals surface area contributed by atoms with E-state index in [1.807, 2.05) is 0 Å². The van der Waals surface area contributed by atoms with Crippen molar-refractivity contribution in [3.63, 3.8) is 0 Å². The van der Waals surface area contributed by atoms with Crippen molar-refractivity contribution in [1.82, 2.24) is 4.98 Å². The molecular weight excluding hydrogens is 188 g/mol. The Morgan fingerprint density at radius 1 is 1.43 bits per heavy atom. The van der Waals surface area contributed by atoms with Crippen LogP contribution < -0.4 is 4.74 Å². The quantitative estimate of drug-likeness (QED) is 0.746. The Kier molecular flexibility index (Phi) is 2.35. The molecule has 4 heteroatoms. The van der Waals surface area contributed by atoms with Crippen LogP contribution >= 0.6 is 0 Å². The van der Waals surface area contributed by atoms with Crippen molar-refractivity contribution in [2.45, 2.75) is 18.8 Å². The molecule has 2 nitrogen and oxygen atoms in total. The zero-order chi connectivity index (χ0) is 10.0. The summed E-state index contributed by atoms with van der Waals surface area (Å²) in [6.45, 7) is 0.340. The Hall–Kier alpha value is -1.19. The van der Waals surface area contributed by atoms with Gasteiger partial charge in [0.05, 0.1) is 6.61 Å². The minimum Gasteiger partial charge on any atom is -0.477 e. The molecule has 0 radical (unpaired) electrons. The minimum atomic E-state index is -2.46. The summed E-state index contributed by atoms with van der Waals surface area (Å²) in [5.74, 6) is -1.98. The maximum Gasteiger partial charge on any atom is 0.248 e. The van der Waals surface area contributed by atoms with Crippen molar-refractivity contribution in [2.24, 2.45) is 5.92 Å². The molecule has 0 amide bonds. The van der Waals surface area contributed by atoms with Crippen LogP contribution in [0.3, 0.4) is 0 Å². The van der Waals surface area contributed by atoms with Gasteiger partial charge in [0.1, 0.15) is 0 Å². The zero-order valence-corrected chi connectivity index (χ0v) is 7.62. The maximum absolute atomic E-state index is 12.4. The summed E-state index contributed by atoms with van der Waals surface area (Å²) in [6.07, 6.45) is 1.50. The summed E-state index contributed by atoms with van der Waals surface area (Å²) in [4.78, 5) is 3.94. The van der Waals surface area contributed by atoms with Gasteiger partial charge in [-0.05, 0) is 6.07 Å². The number of alkyl halides is 2. The first kappa shape index (κ1) is 9.37. The highest BCUT2D eigenvalue weighted by Crippen LogP contribution is 2.42. The number of aromatic nitrogens is 1. The second kappa shape index (κ2) is 3.52. The molecule has 1 aliphatic carbocycles. The number of ether oxygens (including phenoxy) is 1. The molecule has 1 aromatic heterocycles. The molecule has 0 aromatic carbocycles. The Balaban J connectivity index is 1.75. The fraction of sp³-hybridized carbons (Fsp3) is 0.500. The van der Waals surface area contributed by atoms with Crippen LogP contribution in [-0.4, -0.2) is 17.5 Å². The van der Waals surface area contributed by atoms with Crippen LogP contribution in [-0.2, 0) is 0 Å². The van der Waals surface area contributed by atoms with E-state index in [0.29, 0.717) is 12.5 Å². The Morgan fingerprint density at radius 2 is 2.21 bits per heavy atom. The first-order valence-electron chi connectivity index (χ1n) is 4.57. The van der Waals surface area contributed by atoms with Gasteiger partial charge in [-0.3, -0.25) is 0 Å². The highest BCUT2D eigenvalue weighted by molar-refractivity contribution is 5.09. The monoisotopic (exact) mass is 199 g/mol. The van der Waals surface area contributed by atoms with Crippen molar-refractivity contribution >= 4 is 0 Å². The number of hydrogen-bond donors (Lipinski definition) is 0. The van der Waals surface area contributed by atoms with Gasteiger partial charge >= 0.3 is 0 Å². The summed E-state index contributed by atoms with van der Waals surface area (Å²) in [5.41, 5.74) is 0. The third-order valence-corrected chi connectivity index (χ3v) is 2.28. The van der Waals surface area contributed by atoms with Gasteiger partial charge in [-0.2, -0.15) is 0 Å². The number of nitrogens with zero attached hydrogens (tertiary/aromatic N) is 1. The molecule has 76 valence electrons. The number of halogens is 2. The second-order valence-electron chi connectivity index (χ2n) is 3.61. The average molecular weight is 199 g/mol. The number of hydrogen-bond acceptors (Lipinski definition) is 2. The molecule has 0 atom stereocenters. The SMILES string of the molecule is FC1(F)CC(COc2ccccn2)C1. The topological polar surface area (TPSA) is 22.1 Å². The number of rotatable bonds is 3. The van der Waals surface area contributed by atoms with E-state index < -0.39 is 5.92 Å². The molecule has 0 unspecified atom stereocenters. The van der Waals surface area contributed by atoms with Crippen LogP contribution in [0.4, 0.5) is 8.78 Å². The fourth-order valence-electron chi connectivity index (χ4n) is 1.54. The van der Waals surface area contributed by atoms with E-state index in [1.54, 1.807) is 24.4 Å². The van der Waals surface area contributed by atoms with Gasteiger partial charge in [-0.15, -0.1) is 0 Å². The lowest BCUT2D eigenvalue weighted by molar-refractivity contribution is -0.119. The van der Waals surface area contributed by atoms with Crippen LogP contribution in [0, 0.1) is 5.92 Å². The molecule has 0 bridgehead atoms. The summed E-state index contributed by atoms with van der Waals surface area (Å²) in [6, 6.07) is 5.30. The predicted octanol–water partition coefficient (Wildman–Crippen LogP) is 2.51. The van der Waals surface area contributed by atoms with Crippen LogP contribution in [0.25, 0.3) is 0 Å². The molecule has 1 heterocycles. The Bertz CT molecular complexity index is 294. The van der Waals surface area contributed by atoms with Gasteiger partial charge in [0.25, 0.3) is 0 Å². The molecule has 0 spiro atoms. The highest BCUT2D eigenvalue weighted by Gasteiger charge is 2.45. The van der Waals surface area contributed by atoms with Crippen molar-refractivity contribution < 1.29 is 13.5 Å². The highest BCUT2D eigenvalue weighted by atomic mass is 19.3. The fourth-order valence-corrected chi connectivity index (χ4v) is 1.54. The molecule has 0 saturated heterocycles. The van der Waals surface area contributed by atoms with Crippen LogP contribution in [0.15, 0.2) is 24.4 Å². The summed E-state index contributed by atoms with van der Waals surface area (Å²) >= 11 is 0. The second-order valence-corrected chi connectivity index (χ2v) is 3.61. The predicted molar refractivity (Wildman–Crippen MR) is 47.4 cm³/mol.